The van der Waals surface area contributed by atoms with Crippen molar-refractivity contribution in [1.82, 2.24) is 10.2 Å². The average molecular weight is 330 g/mol. The number of nitrogens with one attached hydrogen (secondary N) is 1. The van der Waals surface area contributed by atoms with Gasteiger partial charge in [0.2, 0.25) is 5.91 Å². The van der Waals surface area contributed by atoms with Crippen molar-refractivity contribution >= 4 is 5.91 Å². The molecule has 1 amide bonds. The summed E-state index contributed by atoms with van der Waals surface area (Å²) in [7, 11) is 0. The van der Waals surface area contributed by atoms with Crippen LogP contribution in [0.25, 0.3) is 0 Å². The van der Waals surface area contributed by atoms with Crippen molar-refractivity contribution in [3.8, 4) is 0 Å². The van der Waals surface area contributed by atoms with Gasteiger partial charge in [-0.25, -0.2) is 0 Å². The van der Waals surface area contributed by atoms with Crippen molar-refractivity contribution in [3.63, 3.8) is 0 Å². The third kappa shape index (κ3) is 4.17. The molecule has 0 unspecified atom stereocenters. The minimum Gasteiger partial charge on any atom is -0.379 e. The van der Waals surface area contributed by atoms with Crippen molar-refractivity contribution in [3.05, 3.63) is 35.4 Å². The van der Waals surface area contributed by atoms with Gasteiger partial charge >= 0.3 is 0 Å². The highest BCUT2D eigenvalue weighted by Crippen LogP contribution is 2.44. The van der Waals surface area contributed by atoms with Crippen molar-refractivity contribution in [1.29, 1.82) is 0 Å². The number of fused-ring (bicyclic) bond motifs is 1. The number of amides is 1. The number of hydrogen-bond acceptors (Lipinski definition) is 3. The van der Waals surface area contributed by atoms with Crippen LogP contribution in [0.2, 0.25) is 0 Å². The lowest BCUT2D eigenvalue weighted by molar-refractivity contribution is -0.122. The zero-order valence-electron chi connectivity index (χ0n) is 15.0. The number of benzene rings is 1. The van der Waals surface area contributed by atoms with Crippen LogP contribution in [0.3, 0.4) is 0 Å². The lowest BCUT2D eigenvalue weighted by atomic mass is 9.86. The molecule has 1 aliphatic carbocycles. The Labute approximate surface area is 145 Å². The second kappa shape index (κ2) is 7.66. The summed E-state index contributed by atoms with van der Waals surface area (Å²) in [6.07, 6.45) is 3.66. The molecule has 0 saturated carbocycles. The van der Waals surface area contributed by atoms with Crippen molar-refractivity contribution in [2.24, 2.45) is 0 Å². The van der Waals surface area contributed by atoms with E-state index in [2.05, 4.69) is 48.3 Å². The van der Waals surface area contributed by atoms with Crippen LogP contribution in [0.4, 0.5) is 0 Å². The molecule has 0 aromatic heterocycles. The van der Waals surface area contributed by atoms with E-state index in [1.807, 2.05) is 0 Å². The molecule has 4 nitrogen and oxygen atoms in total. The van der Waals surface area contributed by atoms with Crippen molar-refractivity contribution < 1.29 is 9.53 Å². The van der Waals surface area contributed by atoms with Gasteiger partial charge in [0.05, 0.1) is 19.3 Å². The first-order valence-electron chi connectivity index (χ1n) is 9.25. The standard InChI is InChI=1S/C20H30N2O2/c1-20(2)15-18(16-7-3-4-8-17(16)20)21-19(23)9-5-6-10-22-11-13-24-14-12-22/h3-4,7-8,18H,5-6,9-15H2,1-2H3,(H,21,23)/t18-/m0/s1. The Morgan fingerprint density at radius 3 is 2.79 bits per heavy atom. The first kappa shape index (κ1) is 17.4. The number of morpholine rings is 1. The van der Waals surface area contributed by atoms with Crippen LogP contribution < -0.4 is 5.32 Å². The highest BCUT2D eigenvalue weighted by Gasteiger charge is 2.36. The summed E-state index contributed by atoms with van der Waals surface area (Å²) in [5.74, 6) is 0.189. The molecule has 0 radical (unpaired) electrons. The summed E-state index contributed by atoms with van der Waals surface area (Å²) < 4.78 is 5.36. The summed E-state index contributed by atoms with van der Waals surface area (Å²) in [6, 6.07) is 8.69. The highest BCUT2D eigenvalue weighted by molar-refractivity contribution is 5.76. The number of carbonyl (C=O) groups excluding carboxylic acids is 1. The molecule has 24 heavy (non-hydrogen) atoms. The third-order valence-corrected chi connectivity index (χ3v) is 5.35. The molecule has 1 fully saturated rings. The second-order valence-electron chi connectivity index (χ2n) is 7.71. The Morgan fingerprint density at radius 2 is 2.00 bits per heavy atom. The van der Waals surface area contributed by atoms with E-state index in [-0.39, 0.29) is 17.4 Å². The van der Waals surface area contributed by atoms with Crippen LogP contribution in [0.5, 0.6) is 0 Å². The molecular weight excluding hydrogens is 300 g/mol. The zero-order chi connectivity index (χ0) is 17.0. The summed E-state index contributed by atoms with van der Waals surface area (Å²) in [5, 5.41) is 3.26. The van der Waals surface area contributed by atoms with E-state index in [0.717, 1.165) is 52.1 Å². The SMILES string of the molecule is CC1(C)C[C@H](NC(=O)CCCCN2CCOCC2)c2ccccc21. The number of unbranched alkanes of at least 4 members (excludes halogenated alkanes) is 1. The van der Waals surface area contributed by atoms with E-state index in [4.69, 9.17) is 4.74 Å². The lowest BCUT2D eigenvalue weighted by Gasteiger charge is -2.26. The Balaban J connectivity index is 1.42. The molecule has 2 aliphatic rings. The Hall–Kier alpha value is -1.39. The van der Waals surface area contributed by atoms with Crippen LogP contribution >= 0.6 is 0 Å². The minimum absolute atomic E-state index is 0.144. The molecule has 1 aliphatic heterocycles. The summed E-state index contributed by atoms with van der Waals surface area (Å²) >= 11 is 0. The molecule has 1 saturated heterocycles. The molecule has 1 atom stereocenters. The molecule has 3 rings (SSSR count). The van der Waals surface area contributed by atoms with E-state index in [1.54, 1.807) is 0 Å². The number of rotatable bonds is 6. The van der Waals surface area contributed by atoms with Crippen LogP contribution in [0.15, 0.2) is 24.3 Å². The number of nitrogens with zero attached hydrogens (tertiary/aromatic N) is 1. The quantitative estimate of drug-likeness (QED) is 0.815. The van der Waals surface area contributed by atoms with Gasteiger partial charge in [0, 0.05) is 19.5 Å². The molecule has 132 valence electrons. The van der Waals surface area contributed by atoms with Crippen molar-refractivity contribution in [2.75, 3.05) is 32.8 Å². The Kier molecular flexibility index (Phi) is 5.57. The molecule has 1 N–H and O–H groups in total. The van der Waals surface area contributed by atoms with E-state index < -0.39 is 0 Å². The fourth-order valence-corrected chi connectivity index (χ4v) is 3.99. The molecule has 0 spiro atoms. The maximum Gasteiger partial charge on any atom is 0.220 e. The van der Waals surface area contributed by atoms with Crippen LogP contribution in [0.1, 0.15) is 56.7 Å². The first-order valence-corrected chi connectivity index (χ1v) is 9.25. The van der Waals surface area contributed by atoms with Gasteiger partial charge in [-0.05, 0) is 42.3 Å². The number of carbonyl (C=O) groups is 1. The summed E-state index contributed by atoms with van der Waals surface area (Å²) in [5.41, 5.74) is 2.82. The van der Waals surface area contributed by atoms with Gasteiger partial charge in [0.25, 0.3) is 0 Å². The summed E-state index contributed by atoms with van der Waals surface area (Å²) in [6.45, 7) is 9.35. The van der Waals surface area contributed by atoms with Crippen LogP contribution in [-0.4, -0.2) is 43.7 Å². The molecular formula is C20H30N2O2. The van der Waals surface area contributed by atoms with Crippen LogP contribution in [-0.2, 0) is 14.9 Å². The maximum absolute atomic E-state index is 12.3. The zero-order valence-corrected chi connectivity index (χ0v) is 15.0. The first-order chi connectivity index (χ1) is 11.6. The fraction of sp³-hybridized carbons (Fsp3) is 0.650. The summed E-state index contributed by atoms with van der Waals surface area (Å²) in [4.78, 5) is 14.8. The molecule has 4 heteroatoms. The maximum atomic E-state index is 12.3. The van der Waals surface area contributed by atoms with Gasteiger partial charge < -0.3 is 10.1 Å². The van der Waals surface area contributed by atoms with Gasteiger partial charge in [-0.2, -0.15) is 0 Å². The normalized spacial score (nSPS) is 23.0. The van der Waals surface area contributed by atoms with E-state index in [9.17, 15) is 4.79 Å². The van der Waals surface area contributed by atoms with Gasteiger partial charge in [0.1, 0.15) is 0 Å². The molecule has 0 bridgehead atoms. The van der Waals surface area contributed by atoms with E-state index in [0.29, 0.717) is 6.42 Å². The average Bonchev–Trinajstić information content (AvgIpc) is 2.84. The Morgan fingerprint density at radius 1 is 1.25 bits per heavy atom. The van der Waals surface area contributed by atoms with Crippen molar-refractivity contribution in [2.45, 2.75) is 51.0 Å². The number of hydrogen-bond donors (Lipinski definition) is 1. The third-order valence-electron chi connectivity index (χ3n) is 5.35. The number of ether oxygens (including phenoxy) is 1. The van der Waals surface area contributed by atoms with E-state index >= 15 is 0 Å². The largest absolute Gasteiger partial charge is 0.379 e. The van der Waals surface area contributed by atoms with Gasteiger partial charge in [0.15, 0.2) is 0 Å². The van der Waals surface area contributed by atoms with Gasteiger partial charge in [-0.3, -0.25) is 9.69 Å². The molecule has 1 aromatic rings. The van der Waals surface area contributed by atoms with Gasteiger partial charge in [-0.1, -0.05) is 38.1 Å². The monoisotopic (exact) mass is 330 g/mol. The topological polar surface area (TPSA) is 41.6 Å². The second-order valence-corrected chi connectivity index (χ2v) is 7.71. The fourth-order valence-electron chi connectivity index (χ4n) is 3.99. The highest BCUT2D eigenvalue weighted by atomic mass is 16.5. The molecule has 1 aromatic carbocycles. The molecule has 1 heterocycles. The predicted molar refractivity (Wildman–Crippen MR) is 96.1 cm³/mol. The van der Waals surface area contributed by atoms with Crippen LogP contribution in [0, 0.1) is 0 Å². The smallest absolute Gasteiger partial charge is 0.220 e. The predicted octanol–water partition coefficient (Wildman–Crippen LogP) is 3.03. The van der Waals surface area contributed by atoms with E-state index in [1.165, 1.54) is 11.1 Å². The Bertz CT molecular complexity index is 565. The van der Waals surface area contributed by atoms with Gasteiger partial charge in [-0.15, -0.1) is 0 Å². The minimum atomic E-state index is 0.144. The lowest BCUT2D eigenvalue weighted by Crippen LogP contribution is -2.36.